The number of hydrogen-bond acceptors (Lipinski definition) is 5. The maximum Gasteiger partial charge on any atom is 0.526 e. The molecule has 0 saturated heterocycles. The van der Waals surface area contributed by atoms with E-state index in [0.29, 0.717) is 11.3 Å². The van der Waals surface area contributed by atoms with Crippen LogP contribution in [0.25, 0.3) is 39.1 Å². The van der Waals surface area contributed by atoms with Gasteiger partial charge < -0.3 is 14.2 Å². The van der Waals surface area contributed by atoms with Crippen LogP contribution in [0.1, 0.15) is 33.5 Å². The van der Waals surface area contributed by atoms with Crippen molar-refractivity contribution < 1.29 is 9.76 Å². The molecule has 8 rings (SSSR count). The summed E-state index contributed by atoms with van der Waals surface area (Å²) in [5, 5.41) is 11.1. The largest absolute Gasteiger partial charge is 0.542 e. The molecule has 7 heteroatoms. The summed E-state index contributed by atoms with van der Waals surface area (Å²) >= 11 is 0. The van der Waals surface area contributed by atoms with Gasteiger partial charge in [0.05, 0.1) is 11.4 Å². The predicted molar refractivity (Wildman–Crippen MR) is 189 cm³/mol. The average Bonchev–Trinajstić information content (AvgIpc) is 3.75. The second-order valence-electron chi connectivity index (χ2n) is 12.0. The first kappa shape index (κ1) is 28.5. The summed E-state index contributed by atoms with van der Waals surface area (Å²) in [4.78, 5) is 13.6. The first-order valence-electron chi connectivity index (χ1n) is 15.5. The van der Waals surface area contributed by atoms with Crippen LogP contribution in [-0.4, -0.2) is 32.9 Å². The van der Waals surface area contributed by atoms with Crippen molar-refractivity contribution >= 4 is 18.9 Å². The number of aromatic nitrogens is 3. The SMILES string of the molecule is Cc1cc(C)c(/C(=C2\C=CC(c3ccc(-c4cccnc4)cc3O)=N2)c2ccc3n2[B]Oc2cc(-c4cccnc4)ccc2-3)c(C)c1. The van der Waals surface area contributed by atoms with Crippen LogP contribution in [0.4, 0.5) is 0 Å². The molecule has 47 heavy (non-hydrogen) atoms. The van der Waals surface area contributed by atoms with Crippen molar-refractivity contribution in [1.29, 1.82) is 0 Å². The highest BCUT2D eigenvalue weighted by Gasteiger charge is 2.27. The minimum absolute atomic E-state index is 0.171. The van der Waals surface area contributed by atoms with Gasteiger partial charge in [0.15, 0.2) is 0 Å². The van der Waals surface area contributed by atoms with E-state index in [1.54, 1.807) is 32.3 Å². The van der Waals surface area contributed by atoms with Crippen molar-refractivity contribution in [3.8, 4) is 45.0 Å². The second kappa shape index (κ2) is 11.4. The number of fused-ring (bicyclic) bond motifs is 3. The van der Waals surface area contributed by atoms with Crippen LogP contribution in [0, 0.1) is 20.8 Å². The Morgan fingerprint density at radius 1 is 0.723 bits per heavy atom. The number of nitrogens with zero attached hydrogens (tertiary/aromatic N) is 4. The van der Waals surface area contributed by atoms with Crippen LogP contribution in [0.15, 0.2) is 133 Å². The summed E-state index contributed by atoms with van der Waals surface area (Å²) < 4.78 is 8.40. The van der Waals surface area contributed by atoms with Crippen LogP contribution in [0.3, 0.4) is 0 Å². The Balaban J connectivity index is 1.25. The lowest BCUT2D eigenvalue weighted by Gasteiger charge is -2.24. The molecule has 225 valence electrons. The van der Waals surface area contributed by atoms with Crippen molar-refractivity contribution in [1.82, 2.24) is 14.4 Å². The molecule has 5 heterocycles. The van der Waals surface area contributed by atoms with E-state index >= 15 is 0 Å². The molecule has 2 aliphatic rings. The number of benzene rings is 3. The third kappa shape index (κ3) is 5.06. The molecule has 6 nitrogen and oxygen atoms in total. The van der Waals surface area contributed by atoms with Gasteiger partial charge in [-0.1, -0.05) is 42.0 Å². The van der Waals surface area contributed by atoms with E-state index in [2.05, 4.69) is 77.7 Å². The number of allylic oxidation sites excluding steroid dienone is 2. The van der Waals surface area contributed by atoms with E-state index < -0.39 is 0 Å². The molecule has 0 amide bonds. The third-order valence-electron chi connectivity index (χ3n) is 8.80. The average molecular weight is 610 g/mol. The van der Waals surface area contributed by atoms with E-state index in [4.69, 9.17) is 9.65 Å². The van der Waals surface area contributed by atoms with Crippen molar-refractivity contribution in [2.45, 2.75) is 20.8 Å². The first-order chi connectivity index (χ1) is 22.9. The lowest BCUT2D eigenvalue weighted by atomic mass is 9.90. The Morgan fingerprint density at radius 3 is 2.06 bits per heavy atom. The highest BCUT2D eigenvalue weighted by molar-refractivity contribution is 6.30. The normalized spacial score (nSPS) is 14.1. The van der Waals surface area contributed by atoms with Crippen molar-refractivity contribution in [3.05, 3.63) is 161 Å². The number of phenolic OH excluding ortho intramolecular Hbond substituents is 1. The third-order valence-corrected chi connectivity index (χ3v) is 8.80. The Hall–Kier alpha value is -5.95. The summed E-state index contributed by atoms with van der Waals surface area (Å²) in [5.74, 6) is 0.969. The summed E-state index contributed by atoms with van der Waals surface area (Å²) in [7, 11) is 1.78. The van der Waals surface area contributed by atoms with Crippen LogP contribution >= 0.6 is 0 Å². The molecular formula is C40H30BN4O2. The number of aliphatic imine (C=N–C) groups is 1. The van der Waals surface area contributed by atoms with Crippen molar-refractivity contribution in [3.63, 3.8) is 0 Å². The summed E-state index contributed by atoms with van der Waals surface area (Å²) in [6.45, 7) is 6.42. The van der Waals surface area contributed by atoms with Crippen molar-refractivity contribution in [2.75, 3.05) is 0 Å². The first-order valence-corrected chi connectivity index (χ1v) is 15.5. The van der Waals surface area contributed by atoms with Crippen LogP contribution < -0.4 is 4.65 Å². The highest BCUT2D eigenvalue weighted by atomic mass is 16.4. The van der Waals surface area contributed by atoms with Gasteiger partial charge in [0, 0.05) is 64.0 Å². The predicted octanol–water partition coefficient (Wildman–Crippen LogP) is 8.50. The zero-order valence-corrected chi connectivity index (χ0v) is 26.3. The van der Waals surface area contributed by atoms with Gasteiger partial charge in [-0.05, 0) is 109 Å². The van der Waals surface area contributed by atoms with Crippen molar-refractivity contribution in [2.24, 2.45) is 4.99 Å². The van der Waals surface area contributed by atoms with E-state index in [0.717, 1.165) is 61.8 Å². The number of rotatable bonds is 5. The molecular weight excluding hydrogens is 579 g/mol. The fourth-order valence-electron chi connectivity index (χ4n) is 6.71. The van der Waals surface area contributed by atoms with Gasteiger partial charge in [0.1, 0.15) is 11.5 Å². The van der Waals surface area contributed by atoms with Gasteiger partial charge in [-0.25, -0.2) is 4.99 Å². The van der Waals surface area contributed by atoms with Gasteiger partial charge in [0.25, 0.3) is 0 Å². The van der Waals surface area contributed by atoms with Gasteiger partial charge in [-0.15, -0.1) is 0 Å². The van der Waals surface area contributed by atoms with Gasteiger partial charge in [-0.2, -0.15) is 0 Å². The number of aryl methyl sites for hydroxylation is 3. The molecule has 3 aromatic heterocycles. The molecule has 0 fully saturated rings. The topological polar surface area (TPSA) is 72.5 Å². The van der Waals surface area contributed by atoms with Crippen LogP contribution in [0.2, 0.25) is 0 Å². The lowest BCUT2D eigenvalue weighted by Crippen LogP contribution is -2.22. The lowest BCUT2D eigenvalue weighted by molar-refractivity contribution is 0.474. The molecule has 1 N–H and O–H groups in total. The molecule has 0 bridgehead atoms. The number of pyridine rings is 2. The molecule has 3 aromatic carbocycles. The Labute approximate surface area is 274 Å². The zero-order valence-electron chi connectivity index (χ0n) is 26.3. The Kier molecular flexibility index (Phi) is 6.95. The summed E-state index contributed by atoms with van der Waals surface area (Å²) in [6, 6.07) is 28.5. The highest BCUT2D eigenvalue weighted by Crippen LogP contribution is 2.42. The van der Waals surface area contributed by atoms with E-state index in [1.807, 2.05) is 54.7 Å². The molecule has 0 unspecified atom stereocenters. The van der Waals surface area contributed by atoms with E-state index in [9.17, 15) is 5.11 Å². The van der Waals surface area contributed by atoms with Gasteiger partial charge in [0.2, 0.25) is 0 Å². The van der Waals surface area contributed by atoms with Crippen LogP contribution in [-0.2, 0) is 0 Å². The number of aromatic hydroxyl groups is 1. The smallest absolute Gasteiger partial charge is 0.526 e. The molecule has 6 aromatic rings. The quantitative estimate of drug-likeness (QED) is 0.199. The fraction of sp³-hybridized carbons (Fsp3) is 0.0750. The number of phenols is 1. The monoisotopic (exact) mass is 609 g/mol. The molecule has 0 saturated carbocycles. The summed E-state index contributed by atoms with van der Waals surface area (Å²) in [5.41, 5.74) is 14.8. The Bertz CT molecular complexity index is 2260. The molecule has 1 radical (unpaired) electrons. The van der Waals surface area contributed by atoms with Gasteiger partial charge >= 0.3 is 7.62 Å². The van der Waals surface area contributed by atoms with E-state index in [1.165, 1.54) is 16.7 Å². The standard InChI is InChI=1S/C40H30BN4O2/c1-24-18-25(2)39(26(3)19-24)40(34-13-12-33(44-34)31-10-8-27(20-37(31)46)29-6-4-16-42-22-29)36-15-14-35-32-11-9-28(30-7-5-17-43-23-30)21-38(32)47-41-45(35)36/h4-23,46H,1-3H3/b40-34+. The minimum Gasteiger partial charge on any atom is -0.542 e. The molecule has 2 aliphatic heterocycles. The number of hydrogen-bond donors (Lipinski definition) is 1. The second-order valence-corrected chi connectivity index (χ2v) is 12.0. The zero-order chi connectivity index (χ0) is 32.1. The maximum absolute atomic E-state index is 11.1. The molecule has 0 atom stereocenters. The Morgan fingerprint density at radius 2 is 1.40 bits per heavy atom. The van der Waals surface area contributed by atoms with Crippen LogP contribution in [0.5, 0.6) is 11.5 Å². The minimum atomic E-state index is 0.171. The maximum atomic E-state index is 11.1. The van der Waals surface area contributed by atoms with Gasteiger partial charge in [-0.3, -0.25) is 9.97 Å². The summed E-state index contributed by atoms with van der Waals surface area (Å²) in [6.07, 6.45) is 11.2. The molecule has 0 aliphatic carbocycles. The fourth-order valence-corrected chi connectivity index (χ4v) is 6.71. The molecule has 0 spiro atoms. The van der Waals surface area contributed by atoms with E-state index in [-0.39, 0.29) is 5.75 Å².